The van der Waals surface area contributed by atoms with Crippen molar-refractivity contribution in [1.82, 2.24) is 9.13 Å². The van der Waals surface area contributed by atoms with Gasteiger partial charge in [0.1, 0.15) is 5.75 Å². The summed E-state index contributed by atoms with van der Waals surface area (Å²) in [4.78, 5) is 24.8. The minimum Gasteiger partial charge on any atom is -0.480 e. The maximum Gasteiger partial charge on any atom is 0.328 e. The predicted octanol–water partition coefficient (Wildman–Crippen LogP) is 3.29. The topological polar surface area (TPSA) is 65.3 Å². The summed E-state index contributed by atoms with van der Waals surface area (Å²) in [5.41, 5.74) is 4.28. The van der Waals surface area contributed by atoms with Crippen LogP contribution in [0, 0.1) is 13.8 Å². The van der Waals surface area contributed by atoms with Crippen LogP contribution < -0.4 is 15.7 Å². The Morgan fingerprint density at radius 3 is 2.52 bits per heavy atom. The lowest BCUT2D eigenvalue weighted by molar-refractivity contribution is -0.122. The fraction of sp³-hybridized carbons (Fsp3) is 0.333. The molecule has 0 saturated carbocycles. The van der Waals surface area contributed by atoms with Gasteiger partial charge < -0.3 is 10.1 Å². The fourth-order valence-electron chi connectivity index (χ4n) is 3.13. The zero-order valence-corrected chi connectivity index (χ0v) is 16.4. The average molecular weight is 367 g/mol. The van der Waals surface area contributed by atoms with Crippen molar-refractivity contribution in [3.05, 3.63) is 58.0 Å². The smallest absolute Gasteiger partial charge is 0.328 e. The molecule has 1 heterocycles. The number of ether oxygens (including phenoxy) is 1. The van der Waals surface area contributed by atoms with Crippen molar-refractivity contribution in [2.24, 2.45) is 14.1 Å². The Balaban J connectivity index is 1.82. The van der Waals surface area contributed by atoms with Crippen LogP contribution in [0.1, 0.15) is 24.5 Å². The van der Waals surface area contributed by atoms with E-state index in [-0.39, 0.29) is 11.6 Å². The largest absolute Gasteiger partial charge is 0.480 e. The first kappa shape index (κ1) is 18.8. The molecule has 6 heteroatoms. The fourth-order valence-corrected chi connectivity index (χ4v) is 3.13. The van der Waals surface area contributed by atoms with Crippen molar-refractivity contribution in [3.8, 4) is 5.75 Å². The summed E-state index contributed by atoms with van der Waals surface area (Å²) in [7, 11) is 3.45. The molecule has 3 rings (SSSR count). The van der Waals surface area contributed by atoms with Gasteiger partial charge in [0, 0.05) is 19.8 Å². The van der Waals surface area contributed by atoms with Crippen molar-refractivity contribution < 1.29 is 9.53 Å². The molecule has 0 fully saturated rings. The Labute approximate surface area is 158 Å². The van der Waals surface area contributed by atoms with Gasteiger partial charge in [-0.3, -0.25) is 13.9 Å². The minimum atomic E-state index is -0.596. The Kier molecular flexibility index (Phi) is 5.08. The van der Waals surface area contributed by atoms with Crippen LogP contribution in [0.5, 0.6) is 5.75 Å². The number of aromatic nitrogens is 2. The molecular weight excluding hydrogens is 342 g/mol. The van der Waals surface area contributed by atoms with Crippen molar-refractivity contribution in [3.63, 3.8) is 0 Å². The van der Waals surface area contributed by atoms with E-state index in [1.54, 1.807) is 35.4 Å². The number of fused-ring (bicyclic) bond motifs is 1. The van der Waals surface area contributed by atoms with Crippen LogP contribution in [0.4, 0.5) is 5.69 Å². The molecule has 1 unspecified atom stereocenters. The van der Waals surface area contributed by atoms with E-state index in [1.165, 1.54) is 0 Å². The lowest BCUT2D eigenvalue weighted by Crippen LogP contribution is -2.32. The summed E-state index contributed by atoms with van der Waals surface area (Å²) in [5.74, 6) is 0.511. The molecular formula is C21H25N3O3. The van der Waals surface area contributed by atoms with Crippen LogP contribution in [0.25, 0.3) is 11.0 Å². The molecule has 0 bridgehead atoms. The number of nitrogens with one attached hydrogen (secondary N) is 1. The van der Waals surface area contributed by atoms with Crippen LogP contribution >= 0.6 is 0 Å². The van der Waals surface area contributed by atoms with Crippen LogP contribution in [0.15, 0.2) is 41.2 Å². The molecule has 27 heavy (non-hydrogen) atoms. The van der Waals surface area contributed by atoms with E-state index < -0.39 is 6.10 Å². The third-order valence-electron chi connectivity index (χ3n) is 5.03. The number of carbonyl (C=O) groups is 1. The second kappa shape index (κ2) is 7.31. The molecule has 0 radical (unpaired) electrons. The highest BCUT2D eigenvalue weighted by Crippen LogP contribution is 2.23. The van der Waals surface area contributed by atoms with Crippen LogP contribution in [0.2, 0.25) is 0 Å². The number of imidazole rings is 1. The quantitative estimate of drug-likeness (QED) is 0.753. The first-order valence-electron chi connectivity index (χ1n) is 9.02. The third-order valence-corrected chi connectivity index (χ3v) is 5.03. The van der Waals surface area contributed by atoms with E-state index >= 15 is 0 Å². The molecule has 0 saturated heterocycles. The highest BCUT2D eigenvalue weighted by molar-refractivity contribution is 5.96. The number of hydrogen-bond donors (Lipinski definition) is 1. The highest BCUT2D eigenvalue weighted by Gasteiger charge is 2.20. The number of aryl methyl sites for hydroxylation is 3. The van der Waals surface area contributed by atoms with Gasteiger partial charge in [-0.25, -0.2) is 4.79 Å². The summed E-state index contributed by atoms with van der Waals surface area (Å²) in [6.45, 7) is 5.92. The SMILES string of the molecule is CCC(Oc1cccc(C)c1C)C(=O)Nc1ccc2c(c1)n(C)c(=O)n2C. The lowest BCUT2D eigenvalue weighted by Gasteiger charge is -2.19. The first-order chi connectivity index (χ1) is 12.8. The summed E-state index contributed by atoms with van der Waals surface area (Å²) in [6.07, 6.45) is -0.0496. The molecule has 0 spiro atoms. The molecule has 1 aromatic heterocycles. The zero-order chi connectivity index (χ0) is 19.7. The van der Waals surface area contributed by atoms with Gasteiger partial charge in [-0.15, -0.1) is 0 Å². The molecule has 3 aromatic rings. The lowest BCUT2D eigenvalue weighted by atomic mass is 10.1. The standard InChI is InChI=1S/C21H25N3O3/c1-6-18(27-19-9-7-8-13(2)14(19)3)20(25)22-15-10-11-16-17(12-15)24(5)21(26)23(16)4/h7-12,18H,6H2,1-5H3,(H,22,25). The van der Waals surface area contributed by atoms with Gasteiger partial charge in [0.15, 0.2) is 6.10 Å². The molecule has 142 valence electrons. The van der Waals surface area contributed by atoms with E-state index in [9.17, 15) is 9.59 Å². The van der Waals surface area contributed by atoms with Gasteiger partial charge in [-0.05, 0) is 55.7 Å². The van der Waals surface area contributed by atoms with Gasteiger partial charge in [0.05, 0.1) is 11.0 Å². The summed E-state index contributed by atoms with van der Waals surface area (Å²) in [6, 6.07) is 11.3. The predicted molar refractivity (Wildman–Crippen MR) is 107 cm³/mol. The molecule has 2 aromatic carbocycles. The van der Waals surface area contributed by atoms with Gasteiger partial charge in [0.25, 0.3) is 5.91 Å². The van der Waals surface area contributed by atoms with E-state index in [2.05, 4.69) is 5.32 Å². The van der Waals surface area contributed by atoms with Crippen LogP contribution in [0.3, 0.4) is 0 Å². The monoisotopic (exact) mass is 367 g/mol. The summed E-state index contributed by atoms with van der Waals surface area (Å²) >= 11 is 0. The Morgan fingerprint density at radius 2 is 1.81 bits per heavy atom. The van der Waals surface area contributed by atoms with Gasteiger partial charge in [-0.1, -0.05) is 19.1 Å². The van der Waals surface area contributed by atoms with Gasteiger partial charge in [0.2, 0.25) is 0 Å². The number of nitrogens with zero attached hydrogens (tertiary/aromatic N) is 2. The van der Waals surface area contributed by atoms with E-state index in [0.29, 0.717) is 12.1 Å². The maximum atomic E-state index is 12.7. The van der Waals surface area contributed by atoms with Crippen molar-refractivity contribution >= 4 is 22.6 Å². The maximum absolute atomic E-state index is 12.7. The molecule has 1 N–H and O–H groups in total. The highest BCUT2D eigenvalue weighted by atomic mass is 16.5. The Bertz CT molecular complexity index is 1060. The summed E-state index contributed by atoms with van der Waals surface area (Å²) in [5, 5.41) is 2.91. The zero-order valence-electron chi connectivity index (χ0n) is 16.4. The van der Waals surface area contributed by atoms with Crippen molar-refractivity contribution in [2.45, 2.75) is 33.3 Å². The molecule has 1 amide bonds. The Morgan fingerprint density at radius 1 is 1.11 bits per heavy atom. The third kappa shape index (κ3) is 3.47. The van der Waals surface area contributed by atoms with E-state index in [0.717, 1.165) is 27.9 Å². The van der Waals surface area contributed by atoms with Crippen molar-refractivity contribution in [1.29, 1.82) is 0 Å². The van der Waals surface area contributed by atoms with Crippen LogP contribution in [-0.2, 0) is 18.9 Å². The normalized spacial score (nSPS) is 12.2. The summed E-state index contributed by atoms with van der Waals surface area (Å²) < 4.78 is 9.12. The van der Waals surface area contributed by atoms with Gasteiger partial charge in [-0.2, -0.15) is 0 Å². The molecule has 0 aliphatic heterocycles. The Hall–Kier alpha value is -3.02. The number of amides is 1. The molecule has 1 atom stereocenters. The number of benzene rings is 2. The molecule has 0 aliphatic rings. The molecule has 6 nitrogen and oxygen atoms in total. The first-order valence-corrected chi connectivity index (χ1v) is 9.02. The minimum absolute atomic E-state index is 0.0989. The molecule has 0 aliphatic carbocycles. The van der Waals surface area contributed by atoms with Gasteiger partial charge >= 0.3 is 5.69 Å². The number of rotatable bonds is 5. The van der Waals surface area contributed by atoms with Crippen molar-refractivity contribution in [2.75, 3.05) is 5.32 Å². The average Bonchev–Trinajstić information content (AvgIpc) is 2.87. The van der Waals surface area contributed by atoms with Crippen LogP contribution in [-0.4, -0.2) is 21.1 Å². The van der Waals surface area contributed by atoms with E-state index in [1.807, 2.05) is 45.0 Å². The number of carbonyl (C=O) groups excluding carboxylic acids is 1. The number of hydrogen-bond acceptors (Lipinski definition) is 3. The second-order valence-electron chi connectivity index (χ2n) is 6.81. The van der Waals surface area contributed by atoms with E-state index in [4.69, 9.17) is 4.74 Å². The number of anilines is 1. The second-order valence-corrected chi connectivity index (χ2v) is 6.81.